The van der Waals surface area contributed by atoms with Crippen LogP contribution in [0.5, 0.6) is 0 Å². The second-order valence-corrected chi connectivity index (χ2v) is 0.342. The topological polar surface area (TPSA) is 78.9 Å². The molecular formula is H2N2O3. The summed E-state index contributed by atoms with van der Waals surface area (Å²) in [6, 6.07) is 0. The fourth-order valence-corrected chi connectivity index (χ4v) is 0. The summed E-state index contributed by atoms with van der Waals surface area (Å²) in [5.41, 5.74) is 0. The first-order valence-electron chi connectivity index (χ1n) is 0.783. The Morgan fingerprint density at radius 2 is 2.00 bits per heavy atom. The maximum atomic E-state index is 8.87. The first-order chi connectivity index (χ1) is 2.27. The van der Waals surface area contributed by atoms with Gasteiger partial charge in [0, 0.05) is 0 Å². The van der Waals surface area contributed by atoms with Gasteiger partial charge in [-0.05, 0) is 0 Å². The molecule has 0 aliphatic carbocycles. The third kappa shape index (κ3) is 3.00. The Balaban J connectivity index is 3.14. The highest BCUT2D eigenvalue weighted by Crippen LogP contribution is 1.52. The second-order valence-electron chi connectivity index (χ2n) is 0.342. The van der Waals surface area contributed by atoms with Gasteiger partial charge in [-0.3, -0.25) is 0 Å². The van der Waals surface area contributed by atoms with E-state index in [4.69, 9.17) is 15.6 Å². The normalized spacial score (nSPS) is 11.6. The van der Waals surface area contributed by atoms with Crippen molar-refractivity contribution >= 4 is 0 Å². The third-order valence-corrected chi connectivity index (χ3v) is 0.0765. The van der Waals surface area contributed by atoms with Gasteiger partial charge in [0.25, 0.3) is 5.28 Å². The summed E-state index contributed by atoms with van der Waals surface area (Å²) >= 11 is 0. The lowest BCUT2D eigenvalue weighted by Crippen LogP contribution is -1.86. The van der Waals surface area contributed by atoms with Gasteiger partial charge in [0.2, 0.25) is 5.02 Å². The zero-order valence-corrected chi connectivity index (χ0v) is 2.20. The minimum atomic E-state index is -0.944. The Bertz CT molecular complexity index is 42.9. The predicted molar refractivity (Wildman–Crippen MR) is 9.63 cm³/mol. The van der Waals surface area contributed by atoms with Crippen molar-refractivity contribution in [2.45, 2.75) is 0 Å². The van der Waals surface area contributed by atoms with Crippen LogP contribution in [0.2, 0.25) is 0 Å². The van der Waals surface area contributed by atoms with Crippen LogP contribution in [0.25, 0.3) is 0 Å². The maximum Gasteiger partial charge on any atom is 0.254 e. The molecule has 0 radical (unpaired) electrons. The lowest BCUT2D eigenvalue weighted by Gasteiger charge is -1.68. The van der Waals surface area contributed by atoms with Gasteiger partial charge < -0.3 is 10.4 Å². The average molecular weight is 78.0 g/mol. The highest BCUT2D eigenvalue weighted by molar-refractivity contribution is 3.75. The highest BCUT2D eigenvalue weighted by Gasteiger charge is 1.71. The Kier molecular flexibility index (Phi) is 1.07. The van der Waals surface area contributed by atoms with E-state index in [1.165, 1.54) is 0 Å². The molecule has 0 heterocycles. The summed E-state index contributed by atoms with van der Waals surface area (Å²) in [5, 5.41) is 24.0. The molecule has 0 aliphatic rings. The molecule has 0 aromatic rings. The van der Waals surface area contributed by atoms with Crippen LogP contribution in [0.4, 0.5) is 0 Å². The predicted octanol–water partition coefficient (Wildman–Crippen LogP) is -0.273. The van der Waals surface area contributed by atoms with Crippen LogP contribution in [0.3, 0.4) is 0 Å². The van der Waals surface area contributed by atoms with Gasteiger partial charge in [0.15, 0.2) is 0 Å². The summed E-state index contributed by atoms with van der Waals surface area (Å²) in [5.74, 6) is 0. The van der Waals surface area contributed by atoms with E-state index in [1.54, 1.807) is 5.28 Å². The zero-order valence-electron chi connectivity index (χ0n) is 2.20. The van der Waals surface area contributed by atoms with Crippen LogP contribution in [0.1, 0.15) is 0 Å². The minimum Gasteiger partial charge on any atom is -0.392 e. The maximum absolute atomic E-state index is 8.87. The monoisotopic (exact) mass is 78.0 g/mol. The van der Waals surface area contributed by atoms with Gasteiger partial charge in [-0.1, -0.05) is 0 Å². The smallest absolute Gasteiger partial charge is 0.254 e. The number of hydrogen-bond acceptors (Lipinski definition) is 2. The first-order valence-corrected chi connectivity index (χ1v) is 0.783. The third-order valence-electron chi connectivity index (χ3n) is 0.0765. The largest absolute Gasteiger partial charge is 0.392 e. The summed E-state index contributed by atoms with van der Waals surface area (Å²) < 4.78 is 0. The lowest BCUT2D eigenvalue weighted by atomic mass is 12.8. The van der Waals surface area contributed by atoms with Crippen LogP contribution in [-0.2, 0) is 0 Å². The molecule has 5 nitrogen and oxygen atoms in total. The average Bonchev–Trinajstić information content (AvgIpc) is 1.38. The molecule has 0 saturated carbocycles. The standard InChI is InChI=1S/H2N2O3/c3-1-2(4)5/h3H,(H,1,4,5). The van der Waals surface area contributed by atoms with E-state index in [2.05, 4.69) is 0 Å². The fraction of sp³-hybridized carbons (Fsp3) is 0. The van der Waals surface area contributed by atoms with E-state index in [0.717, 1.165) is 0 Å². The molecule has 0 atom stereocenters. The van der Waals surface area contributed by atoms with Crippen LogP contribution in [0, 0.1) is 5.21 Å². The van der Waals surface area contributed by atoms with Crippen molar-refractivity contribution in [1.82, 2.24) is 0 Å². The summed E-state index contributed by atoms with van der Waals surface area (Å²) in [6.07, 6.45) is 0. The molecule has 5 heteroatoms. The molecule has 30 valence electrons. The molecule has 0 saturated heterocycles. The van der Waals surface area contributed by atoms with Crippen molar-refractivity contribution in [3.63, 3.8) is 0 Å². The summed E-state index contributed by atoms with van der Waals surface area (Å²) in [6.45, 7) is 0. The SMILES string of the molecule is [O-][N+](O)=NO. The van der Waals surface area contributed by atoms with E-state index in [0.29, 0.717) is 0 Å². The van der Waals surface area contributed by atoms with Crippen LogP contribution < -0.4 is 0 Å². The number of hydrogen-bond donors (Lipinski definition) is 2. The summed E-state index contributed by atoms with van der Waals surface area (Å²) in [4.78, 5) is 0. The van der Waals surface area contributed by atoms with Crippen molar-refractivity contribution in [2.75, 3.05) is 0 Å². The van der Waals surface area contributed by atoms with Gasteiger partial charge in [-0.2, -0.15) is 0 Å². The van der Waals surface area contributed by atoms with Crippen molar-refractivity contribution in [3.05, 3.63) is 5.21 Å². The Labute approximate surface area is 27.3 Å². The van der Waals surface area contributed by atoms with E-state index >= 15 is 0 Å². The molecule has 0 aromatic heterocycles. The number of rotatable bonds is 0. The van der Waals surface area contributed by atoms with Crippen molar-refractivity contribution < 1.29 is 15.4 Å². The van der Waals surface area contributed by atoms with E-state index in [9.17, 15) is 0 Å². The van der Waals surface area contributed by atoms with Crippen LogP contribution >= 0.6 is 0 Å². The molecule has 2 N–H and O–H groups in total. The molecule has 0 bridgehead atoms. The van der Waals surface area contributed by atoms with Gasteiger partial charge in [-0.25, -0.2) is 5.21 Å². The minimum absolute atomic E-state index is 0.944. The molecule has 0 aromatic carbocycles. The second kappa shape index (κ2) is 1.33. The van der Waals surface area contributed by atoms with Crippen LogP contribution in [-0.4, -0.2) is 15.4 Å². The Hall–Kier alpha value is -1.00. The van der Waals surface area contributed by atoms with Crippen molar-refractivity contribution in [3.8, 4) is 0 Å². The quantitative estimate of drug-likeness (QED) is 0.309. The molecular weight excluding hydrogens is 76.0 g/mol. The van der Waals surface area contributed by atoms with Crippen LogP contribution in [0.15, 0.2) is 5.28 Å². The van der Waals surface area contributed by atoms with E-state index < -0.39 is 5.02 Å². The molecule has 0 unspecified atom stereocenters. The van der Waals surface area contributed by atoms with Crippen molar-refractivity contribution in [1.29, 1.82) is 0 Å². The molecule has 0 spiro atoms. The Morgan fingerprint density at radius 1 is 1.80 bits per heavy atom. The summed E-state index contributed by atoms with van der Waals surface area (Å²) in [7, 11) is 0. The molecule has 0 rings (SSSR count). The molecule has 5 heavy (non-hydrogen) atoms. The van der Waals surface area contributed by atoms with Crippen molar-refractivity contribution in [2.24, 2.45) is 5.28 Å². The number of nitrogens with zero attached hydrogens (tertiary/aromatic N) is 2. The Morgan fingerprint density at radius 3 is 2.00 bits per heavy atom. The van der Waals surface area contributed by atoms with Gasteiger partial charge in [0.05, 0.1) is 0 Å². The van der Waals surface area contributed by atoms with Gasteiger partial charge >= 0.3 is 0 Å². The lowest BCUT2D eigenvalue weighted by molar-refractivity contribution is -0.791. The molecule has 0 fully saturated rings. The fourth-order valence-electron chi connectivity index (χ4n) is 0. The zero-order chi connectivity index (χ0) is 4.28. The molecule has 0 aliphatic heterocycles. The molecule has 0 amide bonds. The highest BCUT2D eigenvalue weighted by atomic mass is 16.8. The van der Waals surface area contributed by atoms with Gasteiger partial charge in [-0.15, -0.1) is 0 Å². The van der Waals surface area contributed by atoms with E-state index in [1.807, 2.05) is 0 Å². The van der Waals surface area contributed by atoms with Gasteiger partial charge in [0.1, 0.15) is 0 Å². The first kappa shape index (κ1) is 4.00. The van der Waals surface area contributed by atoms with E-state index in [-0.39, 0.29) is 0 Å².